The van der Waals surface area contributed by atoms with Crippen LogP contribution in [0.2, 0.25) is 0 Å². The minimum Gasteiger partial charge on any atom is -0.396 e. The second kappa shape index (κ2) is 7.09. The maximum absolute atomic E-state index is 11.6. The lowest BCUT2D eigenvalue weighted by molar-refractivity contribution is -0.128. The lowest BCUT2D eigenvalue weighted by atomic mass is 10.4. The van der Waals surface area contributed by atoms with Crippen LogP contribution in [0.15, 0.2) is 0 Å². The van der Waals surface area contributed by atoms with Crippen LogP contribution in [0.4, 0.5) is 0 Å². The summed E-state index contributed by atoms with van der Waals surface area (Å²) in [6.07, 6.45) is 1.04. The molecular weight excluding hydrogens is 200 g/mol. The van der Waals surface area contributed by atoms with E-state index in [4.69, 9.17) is 5.11 Å². The molecular formula is C9H18N2O2S. The Kier molecular flexibility index (Phi) is 5.98. The van der Waals surface area contributed by atoms with E-state index < -0.39 is 0 Å². The number of aliphatic hydroxyl groups is 1. The van der Waals surface area contributed by atoms with Crippen molar-refractivity contribution in [1.82, 2.24) is 10.2 Å². The van der Waals surface area contributed by atoms with Crippen molar-refractivity contribution in [3.05, 3.63) is 0 Å². The molecule has 0 aliphatic carbocycles. The molecule has 0 atom stereocenters. The van der Waals surface area contributed by atoms with Crippen molar-refractivity contribution in [3.63, 3.8) is 0 Å². The molecule has 0 unspecified atom stereocenters. The Hall–Kier alpha value is -0.260. The third-order valence-electron chi connectivity index (χ3n) is 2.15. The molecule has 5 heteroatoms. The van der Waals surface area contributed by atoms with E-state index in [1.54, 1.807) is 0 Å². The Labute approximate surface area is 89.0 Å². The molecule has 0 bridgehead atoms. The van der Waals surface area contributed by atoms with Gasteiger partial charge in [0.2, 0.25) is 5.91 Å². The van der Waals surface area contributed by atoms with Gasteiger partial charge in [0.05, 0.1) is 12.4 Å². The summed E-state index contributed by atoms with van der Waals surface area (Å²) < 4.78 is 0. The van der Waals surface area contributed by atoms with E-state index in [9.17, 15) is 4.79 Å². The molecule has 0 aromatic carbocycles. The van der Waals surface area contributed by atoms with Gasteiger partial charge in [0.15, 0.2) is 0 Å². The average molecular weight is 218 g/mol. The lowest BCUT2D eigenvalue weighted by Gasteiger charge is -2.19. The summed E-state index contributed by atoms with van der Waals surface area (Å²) in [7, 11) is 0. The van der Waals surface area contributed by atoms with Crippen LogP contribution in [0.5, 0.6) is 0 Å². The Morgan fingerprint density at radius 2 is 2.29 bits per heavy atom. The van der Waals surface area contributed by atoms with Gasteiger partial charge in [-0.2, -0.15) is 0 Å². The predicted molar refractivity (Wildman–Crippen MR) is 58.5 cm³/mol. The fraction of sp³-hybridized carbons (Fsp3) is 0.889. The summed E-state index contributed by atoms with van der Waals surface area (Å²) in [6.45, 7) is 3.74. The van der Waals surface area contributed by atoms with Crippen molar-refractivity contribution in [2.45, 2.75) is 6.42 Å². The van der Waals surface area contributed by atoms with Crippen molar-refractivity contribution >= 4 is 17.7 Å². The van der Waals surface area contributed by atoms with Crippen LogP contribution in [0.3, 0.4) is 0 Å². The van der Waals surface area contributed by atoms with E-state index in [1.165, 1.54) is 11.8 Å². The minimum absolute atomic E-state index is 0.152. The smallest absolute Gasteiger partial charge is 0.232 e. The number of nitrogens with one attached hydrogen (secondary N) is 1. The van der Waals surface area contributed by atoms with Crippen molar-refractivity contribution in [2.24, 2.45) is 0 Å². The van der Waals surface area contributed by atoms with E-state index in [0.717, 1.165) is 32.6 Å². The van der Waals surface area contributed by atoms with Crippen molar-refractivity contribution in [1.29, 1.82) is 0 Å². The van der Waals surface area contributed by atoms with Gasteiger partial charge >= 0.3 is 0 Å². The van der Waals surface area contributed by atoms with E-state index in [0.29, 0.717) is 11.5 Å². The Balaban J connectivity index is 2.20. The van der Waals surface area contributed by atoms with E-state index in [1.807, 2.05) is 4.90 Å². The lowest BCUT2D eigenvalue weighted by Crippen LogP contribution is -2.35. The third-order valence-corrected chi connectivity index (χ3v) is 3.08. The van der Waals surface area contributed by atoms with Gasteiger partial charge in [-0.1, -0.05) is 0 Å². The fourth-order valence-electron chi connectivity index (χ4n) is 1.41. The highest BCUT2D eigenvalue weighted by Gasteiger charge is 2.14. The summed E-state index contributed by atoms with van der Waals surface area (Å²) in [5.41, 5.74) is 0. The van der Waals surface area contributed by atoms with Crippen LogP contribution in [-0.4, -0.2) is 60.2 Å². The number of hydrogen-bond donors (Lipinski definition) is 2. The van der Waals surface area contributed by atoms with Gasteiger partial charge in [-0.3, -0.25) is 4.79 Å². The summed E-state index contributed by atoms with van der Waals surface area (Å²) >= 11 is 1.50. The zero-order valence-corrected chi connectivity index (χ0v) is 9.18. The molecule has 2 N–H and O–H groups in total. The number of amides is 1. The predicted octanol–water partition coefficient (Wildman–Crippen LogP) is -0.466. The van der Waals surface area contributed by atoms with E-state index in [2.05, 4.69) is 5.32 Å². The standard InChI is InChI=1S/C9H18N2O2S/c12-6-7-14-8-9(13)11-4-1-2-10-3-5-11/h10,12H,1-8H2. The molecule has 0 spiro atoms. The number of thioether (sulfide) groups is 1. The highest BCUT2D eigenvalue weighted by molar-refractivity contribution is 7.99. The number of aliphatic hydroxyl groups excluding tert-OH is 1. The molecule has 82 valence electrons. The second-order valence-corrected chi connectivity index (χ2v) is 4.37. The van der Waals surface area contributed by atoms with Crippen molar-refractivity contribution < 1.29 is 9.90 Å². The monoisotopic (exact) mass is 218 g/mol. The summed E-state index contributed by atoms with van der Waals surface area (Å²) in [4.78, 5) is 13.5. The molecule has 1 saturated heterocycles. The van der Waals surface area contributed by atoms with Crippen LogP contribution in [-0.2, 0) is 4.79 Å². The molecule has 0 aromatic heterocycles. The van der Waals surface area contributed by atoms with Gasteiger partial charge in [-0.15, -0.1) is 11.8 Å². The number of carbonyl (C=O) groups excluding carboxylic acids is 1. The SMILES string of the molecule is O=C(CSCCO)N1CCCNCC1. The van der Waals surface area contributed by atoms with Crippen LogP contribution in [0.25, 0.3) is 0 Å². The summed E-state index contributed by atoms with van der Waals surface area (Å²) in [6, 6.07) is 0. The molecule has 4 nitrogen and oxygen atoms in total. The van der Waals surface area contributed by atoms with Gasteiger partial charge in [0.1, 0.15) is 0 Å². The van der Waals surface area contributed by atoms with Crippen molar-refractivity contribution in [2.75, 3.05) is 44.3 Å². The maximum atomic E-state index is 11.6. The number of rotatable bonds is 4. The fourth-order valence-corrected chi connectivity index (χ4v) is 2.04. The largest absolute Gasteiger partial charge is 0.396 e. The first-order valence-corrected chi connectivity index (χ1v) is 6.17. The Bertz CT molecular complexity index is 170. The van der Waals surface area contributed by atoms with Gasteiger partial charge < -0.3 is 15.3 Å². The third kappa shape index (κ3) is 4.30. The first kappa shape index (κ1) is 11.8. The molecule has 0 saturated carbocycles. The van der Waals surface area contributed by atoms with E-state index in [-0.39, 0.29) is 12.5 Å². The second-order valence-electron chi connectivity index (χ2n) is 3.26. The molecule has 1 amide bonds. The molecule has 1 aliphatic heterocycles. The topological polar surface area (TPSA) is 52.6 Å². The van der Waals surface area contributed by atoms with E-state index >= 15 is 0 Å². The molecule has 1 rings (SSSR count). The number of nitrogens with zero attached hydrogens (tertiary/aromatic N) is 1. The highest BCUT2D eigenvalue weighted by atomic mass is 32.2. The van der Waals surface area contributed by atoms with Crippen LogP contribution in [0.1, 0.15) is 6.42 Å². The minimum atomic E-state index is 0.152. The molecule has 0 radical (unpaired) electrons. The van der Waals surface area contributed by atoms with Crippen molar-refractivity contribution in [3.8, 4) is 0 Å². The quantitative estimate of drug-likeness (QED) is 0.627. The van der Waals surface area contributed by atoms with Gasteiger partial charge in [0.25, 0.3) is 0 Å². The Morgan fingerprint density at radius 3 is 3.07 bits per heavy atom. The zero-order valence-electron chi connectivity index (χ0n) is 8.37. The average Bonchev–Trinajstić information content (AvgIpc) is 2.46. The highest BCUT2D eigenvalue weighted by Crippen LogP contribution is 2.03. The van der Waals surface area contributed by atoms with Gasteiger partial charge in [-0.25, -0.2) is 0 Å². The molecule has 1 aliphatic rings. The first-order valence-electron chi connectivity index (χ1n) is 5.01. The zero-order chi connectivity index (χ0) is 10.2. The van der Waals surface area contributed by atoms with Crippen LogP contribution in [0, 0.1) is 0 Å². The van der Waals surface area contributed by atoms with Crippen LogP contribution >= 0.6 is 11.8 Å². The molecule has 14 heavy (non-hydrogen) atoms. The molecule has 1 heterocycles. The normalized spacial score (nSPS) is 17.9. The van der Waals surface area contributed by atoms with Crippen LogP contribution < -0.4 is 5.32 Å². The number of hydrogen-bond acceptors (Lipinski definition) is 4. The van der Waals surface area contributed by atoms with Gasteiger partial charge in [0, 0.05) is 25.4 Å². The molecule has 0 aromatic rings. The number of carbonyl (C=O) groups is 1. The first-order chi connectivity index (χ1) is 6.84. The molecule has 1 fully saturated rings. The van der Waals surface area contributed by atoms with Gasteiger partial charge in [-0.05, 0) is 13.0 Å². The Morgan fingerprint density at radius 1 is 1.43 bits per heavy atom. The summed E-state index contributed by atoms with van der Waals surface area (Å²) in [5, 5.41) is 11.8. The maximum Gasteiger partial charge on any atom is 0.232 e. The summed E-state index contributed by atoms with van der Waals surface area (Å²) in [5.74, 6) is 1.35.